The first kappa shape index (κ1) is 23.7. The largest absolute Gasteiger partial charge is 0.416 e. The summed E-state index contributed by atoms with van der Waals surface area (Å²) < 4.78 is 67.1. The number of nitrogens with zero attached hydrogens (tertiary/aromatic N) is 2. The minimum absolute atomic E-state index is 0.0977. The molecule has 2 aromatic carbocycles. The Balaban J connectivity index is 1.75. The van der Waals surface area contributed by atoms with Crippen LogP contribution >= 0.6 is 0 Å². The van der Waals surface area contributed by atoms with E-state index >= 15 is 0 Å². The Morgan fingerprint density at radius 2 is 1.75 bits per heavy atom. The number of pyridine rings is 1. The van der Waals surface area contributed by atoms with E-state index in [1.165, 1.54) is 26.9 Å². The molecule has 3 heterocycles. The Bertz CT molecular complexity index is 1780. The summed E-state index contributed by atoms with van der Waals surface area (Å²) in [6.07, 6.45) is 0.313. The van der Waals surface area contributed by atoms with E-state index < -0.39 is 21.8 Å². The number of fused-ring (bicyclic) bond motifs is 2. The van der Waals surface area contributed by atoms with Crippen molar-refractivity contribution >= 4 is 43.2 Å². The number of aryl methyl sites for hydroxylation is 1. The lowest BCUT2D eigenvalue weighted by atomic mass is 10.00. The van der Waals surface area contributed by atoms with Crippen LogP contribution in [0.25, 0.3) is 32.9 Å². The lowest BCUT2D eigenvalue weighted by molar-refractivity contribution is -0.137. The molecule has 7 nitrogen and oxygen atoms in total. The Morgan fingerprint density at radius 3 is 2.42 bits per heavy atom. The minimum atomic E-state index is -4.45. The van der Waals surface area contributed by atoms with E-state index in [9.17, 15) is 26.4 Å². The summed E-state index contributed by atoms with van der Waals surface area (Å²) in [5.74, 6) is -0.0977. The van der Waals surface area contributed by atoms with E-state index in [0.717, 1.165) is 12.1 Å². The molecule has 0 aliphatic heterocycles. The van der Waals surface area contributed by atoms with Gasteiger partial charge in [0.1, 0.15) is 5.52 Å². The molecule has 0 aliphatic carbocycles. The number of alkyl halides is 3. The van der Waals surface area contributed by atoms with Crippen LogP contribution in [0.2, 0.25) is 0 Å². The second kappa shape index (κ2) is 8.30. The molecule has 0 spiro atoms. The van der Waals surface area contributed by atoms with Crippen LogP contribution in [0.3, 0.4) is 0 Å². The number of H-pyrrole nitrogens is 1. The fourth-order valence-corrected chi connectivity index (χ4v) is 5.23. The van der Waals surface area contributed by atoms with Crippen molar-refractivity contribution in [1.29, 1.82) is 0 Å². The highest BCUT2D eigenvalue weighted by atomic mass is 32.2. The van der Waals surface area contributed by atoms with Gasteiger partial charge in [-0.1, -0.05) is 0 Å². The summed E-state index contributed by atoms with van der Waals surface area (Å²) in [5.41, 5.74) is 2.01. The maximum atomic E-state index is 13.0. The zero-order valence-corrected chi connectivity index (χ0v) is 20.0. The molecule has 186 valence electrons. The number of anilines is 2. The molecule has 0 amide bonds. The summed E-state index contributed by atoms with van der Waals surface area (Å²) >= 11 is 0. The third-order valence-electron chi connectivity index (χ3n) is 6.13. The second-order valence-electron chi connectivity index (χ2n) is 8.39. The first-order chi connectivity index (χ1) is 17.0. The molecule has 11 heteroatoms. The topological polar surface area (TPSA) is 88.9 Å². The van der Waals surface area contributed by atoms with Crippen molar-refractivity contribution in [2.75, 3.05) is 11.1 Å². The summed E-state index contributed by atoms with van der Waals surface area (Å²) in [6.45, 7) is 1.55. The third-order valence-corrected chi connectivity index (χ3v) is 7.78. The molecule has 0 bridgehead atoms. The smallest absolute Gasteiger partial charge is 0.357 e. The van der Waals surface area contributed by atoms with Crippen molar-refractivity contribution in [1.82, 2.24) is 13.5 Å². The molecule has 36 heavy (non-hydrogen) atoms. The lowest BCUT2D eigenvalue weighted by Crippen LogP contribution is -2.16. The van der Waals surface area contributed by atoms with Crippen LogP contribution in [0.4, 0.5) is 24.5 Å². The summed E-state index contributed by atoms with van der Waals surface area (Å²) in [6, 6.07) is 11.5. The zero-order chi connectivity index (χ0) is 25.8. The Labute approximate surface area is 203 Å². The molecule has 5 aromatic rings. The number of hydrogen-bond donors (Lipinski definition) is 2. The number of hydrogen-bond acceptors (Lipinski definition) is 4. The van der Waals surface area contributed by atoms with E-state index in [2.05, 4.69) is 10.3 Å². The van der Waals surface area contributed by atoms with E-state index in [-0.39, 0.29) is 11.3 Å². The SMILES string of the molecule is CCS(=O)(=O)n1ccc2cc(Nc3ccc(C(F)(F)F)cc3)c(-c3cn(C)c(=O)c4[nH]ccc34)cc21. The molecule has 3 aromatic heterocycles. The van der Waals surface area contributed by atoms with Gasteiger partial charge in [-0.3, -0.25) is 4.79 Å². The van der Waals surface area contributed by atoms with Gasteiger partial charge < -0.3 is 14.9 Å². The van der Waals surface area contributed by atoms with Gasteiger partial charge in [0.15, 0.2) is 0 Å². The predicted octanol–water partition coefficient (Wildman–Crippen LogP) is 5.45. The summed E-state index contributed by atoms with van der Waals surface area (Å²) in [4.78, 5) is 15.5. The highest BCUT2D eigenvalue weighted by Gasteiger charge is 2.30. The highest BCUT2D eigenvalue weighted by molar-refractivity contribution is 7.90. The third kappa shape index (κ3) is 3.95. The normalized spacial score (nSPS) is 12.5. The molecule has 0 aliphatic rings. The van der Waals surface area contributed by atoms with Gasteiger partial charge in [-0.25, -0.2) is 12.4 Å². The van der Waals surface area contributed by atoms with Gasteiger partial charge in [0, 0.05) is 58.9 Å². The number of aromatic nitrogens is 3. The van der Waals surface area contributed by atoms with Gasteiger partial charge in [0.2, 0.25) is 10.0 Å². The summed E-state index contributed by atoms with van der Waals surface area (Å²) in [5, 5.41) is 4.43. The molecule has 5 rings (SSSR count). The molecule has 0 atom stereocenters. The predicted molar refractivity (Wildman–Crippen MR) is 134 cm³/mol. The molecular weight excluding hydrogens is 493 g/mol. The van der Waals surface area contributed by atoms with E-state index in [0.29, 0.717) is 44.3 Å². The van der Waals surface area contributed by atoms with E-state index in [4.69, 9.17) is 0 Å². The molecule has 0 fully saturated rings. The van der Waals surface area contributed by atoms with Crippen LogP contribution in [-0.4, -0.2) is 27.7 Å². The van der Waals surface area contributed by atoms with Gasteiger partial charge in [0.05, 0.1) is 16.8 Å². The van der Waals surface area contributed by atoms with Crippen LogP contribution in [0.1, 0.15) is 12.5 Å². The second-order valence-corrected chi connectivity index (χ2v) is 10.5. The van der Waals surface area contributed by atoms with Crippen LogP contribution in [0, 0.1) is 0 Å². The first-order valence-electron chi connectivity index (χ1n) is 11.0. The van der Waals surface area contributed by atoms with E-state index in [1.54, 1.807) is 50.6 Å². The highest BCUT2D eigenvalue weighted by Crippen LogP contribution is 2.38. The molecular formula is C25H21F3N4O3S. The van der Waals surface area contributed by atoms with Crippen molar-refractivity contribution in [2.24, 2.45) is 7.05 Å². The number of halogens is 3. The van der Waals surface area contributed by atoms with Crippen molar-refractivity contribution in [3.8, 4) is 11.1 Å². The first-order valence-corrected chi connectivity index (χ1v) is 12.6. The maximum Gasteiger partial charge on any atom is 0.416 e. The minimum Gasteiger partial charge on any atom is -0.357 e. The van der Waals surface area contributed by atoms with Gasteiger partial charge in [-0.2, -0.15) is 13.2 Å². The van der Waals surface area contributed by atoms with Crippen LogP contribution in [0.5, 0.6) is 0 Å². The van der Waals surface area contributed by atoms with Crippen molar-refractivity contribution in [3.05, 3.63) is 83.0 Å². The average Bonchev–Trinajstić information content (AvgIpc) is 3.48. The van der Waals surface area contributed by atoms with Crippen molar-refractivity contribution in [3.63, 3.8) is 0 Å². The van der Waals surface area contributed by atoms with Crippen molar-refractivity contribution < 1.29 is 21.6 Å². The Morgan fingerprint density at radius 1 is 1.03 bits per heavy atom. The van der Waals surface area contributed by atoms with E-state index in [1.807, 2.05) is 0 Å². The number of nitrogens with one attached hydrogen (secondary N) is 2. The van der Waals surface area contributed by atoms with Gasteiger partial charge in [-0.15, -0.1) is 0 Å². The number of aromatic amines is 1. The Hall–Kier alpha value is -3.99. The molecule has 0 saturated carbocycles. The summed E-state index contributed by atoms with van der Waals surface area (Å²) in [7, 11) is -1.98. The van der Waals surface area contributed by atoms with Crippen LogP contribution in [-0.2, 0) is 23.2 Å². The zero-order valence-electron chi connectivity index (χ0n) is 19.2. The molecule has 0 radical (unpaired) electrons. The quantitative estimate of drug-likeness (QED) is 0.327. The Kier molecular flexibility index (Phi) is 5.47. The standard InChI is InChI=1S/C25H21F3N4O3S/c1-3-36(34,35)32-11-9-15-12-21(30-17-6-4-16(5-7-17)25(26,27)28)19(13-22(15)32)20-14-31(2)24(33)23-18(20)8-10-29-23/h4-14,29-30H,3H2,1-2H3. The van der Waals surface area contributed by atoms with Crippen LogP contribution < -0.4 is 10.9 Å². The molecule has 0 unspecified atom stereocenters. The average molecular weight is 515 g/mol. The van der Waals surface area contributed by atoms with Gasteiger partial charge >= 0.3 is 6.18 Å². The van der Waals surface area contributed by atoms with Crippen LogP contribution in [0.15, 0.2) is 71.9 Å². The molecule has 2 N–H and O–H groups in total. The molecule has 0 saturated heterocycles. The van der Waals surface area contributed by atoms with Crippen molar-refractivity contribution in [2.45, 2.75) is 13.1 Å². The number of benzene rings is 2. The van der Waals surface area contributed by atoms with Gasteiger partial charge in [0.25, 0.3) is 5.56 Å². The number of rotatable bonds is 5. The lowest BCUT2D eigenvalue weighted by Gasteiger charge is -2.16. The maximum absolute atomic E-state index is 13.0. The fourth-order valence-electron chi connectivity index (χ4n) is 4.25. The fraction of sp³-hybridized carbons (Fsp3) is 0.160. The van der Waals surface area contributed by atoms with Gasteiger partial charge in [-0.05, 0) is 55.5 Å². The monoisotopic (exact) mass is 514 g/mol.